The molecule has 0 atom stereocenters. The second-order valence-electron chi connectivity index (χ2n) is 5.52. The van der Waals surface area contributed by atoms with E-state index in [0.717, 1.165) is 50.1 Å². The first-order valence-corrected chi connectivity index (χ1v) is 10.8. The highest BCUT2D eigenvalue weighted by atomic mass is 32.1. The minimum Gasteiger partial charge on any atom is -0.374 e. The Morgan fingerprint density at radius 1 is 0.955 bits per heavy atom. The van der Waals surface area contributed by atoms with Gasteiger partial charge in [-0.15, -0.1) is 0 Å². The van der Waals surface area contributed by atoms with Crippen LogP contribution in [0.5, 0.6) is 0 Å². The van der Waals surface area contributed by atoms with Crippen LogP contribution >= 0.6 is 12.2 Å². The van der Waals surface area contributed by atoms with Gasteiger partial charge in [-0.25, -0.2) is 0 Å². The van der Waals surface area contributed by atoms with Crippen LogP contribution < -0.4 is 0 Å². The SMILES string of the molecule is CCO[Si](CCCC(=S)N1CCN(C)CC1)(OCC)OCC. The van der Waals surface area contributed by atoms with Crippen LogP contribution in [0.2, 0.25) is 6.04 Å². The third kappa shape index (κ3) is 6.60. The van der Waals surface area contributed by atoms with Gasteiger partial charge < -0.3 is 23.1 Å². The molecule has 5 nitrogen and oxygen atoms in total. The largest absolute Gasteiger partial charge is 0.500 e. The second kappa shape index (κ2) is 10.7. The molecular weight excluding hydrogens is 316 g/mol. The summed E-state index contributed by atoms with van der Waals surface area (Å²) < 4.78 is 17.6. The molecule has 0 N–H and O–H groups in total. The summed E-state index contributed by atoms with van der Waals surface area (Å²) in [6.07, 6.45) is 1.89. The summed E-state index contributed by atoms with van der Waals surface area (Å²) >= 11 is 5.60. The zero-order valence-corrected chi connectivity index (χ0v) is 16.4. The summed E-state index contributed by atoms with van der Waals surface area (Å²) in [5, 5.41) is 0. The Morgan fingerprint density at radius 2 is 1.45 bits per heavy atom. The molecule has 1 rings (SSSR count). The van der Waals surface area contributed by atoms with Crippen LogP contribution in [0.25, 0.3) is 0 Å². The van der Waals surface area contributed by atoms with Crippen molar-refractivity contribution in [3.8, 4) is 0 Å². The standard InChI is InChI=1S/C15H32N2O3SSi/c1-5-18-22(19-6-2,20-7-3)14-8-9-15(21)17-12-10-16(4)11-13-17/h5-14H2,1-4H3. The van der Waals surface area contributed by atoms with E-state index < -0.39 is 8.80 Å². The van der Waals surface area contributed by atoms with Gasteiger partial charge in [0.05, 0.1) is 4.99 Å². The van der Waals surface area contributed by atoms with Crippen LogP contribution in [0.15, 0.2) is 0 Å². The highest BCUT2D eigenvalue weighted by Crippen LogP contribution is 2.20. The van der Waals surface area contributed by atoms with Crippen molar-refractivity contribution < 1.29 is 13.3 Å². The molecular formula is C15H32N2O3SSi. The lowest BCUT2D eigenvalue weighted by atomic mass is 10.2. The fourth-order valence-corrected chi connectivity index (χ4v) is 5.61. The van der Waals surface area contributed by atoms with E-state index in [9.17, 15) is 0 Å². The van der Waals surface area contributed by atoms with E-state index in [2.05, 4.69) is 16.8 Å². The Bertz CT molecular complexity index is 309. The average molecular weight is 349 g/mol. The maximum atomic E-state index is 5.88. The van der Waals surface area contributed by atoms with E-state index in [1.54, 1.807) is 0 Å². The molecule has 0 aromatic heterocycles. The first-order chi connectivity index (χ1) is 10.6. The van der Waals surface area contributed by atoms with E-state index in [1.807, 2.05) is 20.8 Å². The van der Waals surface area contributed by atoms with Crippen molar-refractivity contribution in [2.24, 2.45) is 0 Å². The summed E-state index contributed by atoms with van der Waals surface area (Å²) in [5.41, 5.74) is 0. The van der Waals surface area contributed by atoms with Gasteiger partial charge in [0.1, 0.15) is 0 Å². The van der Waals surface area contributed by atoms with Gasteiger partial charge in [0, 0.05) is 52.0 Å². The van der Waals surface area contributed by atoms with Crippen molar-refractivity contribution in [3.63, 3.8) is 0 Å². The molecule has 1 saturated heterocycles. The zero-order valence-electron chi connectivity index (χ0n) is 14.6. The summed E-state index contributed by atoms with van der Waals surface area (Å²) in [4.78, 5) is 5.75. The summed E-state index contributed by atoms with van der Waals surface area (Å²) in [5.74, 6) is 0. The minimum atomic E-state index is -2.51. The lowest BCUT2D eigenvalue weighted by Gasteiger charge is -2.34. The molecule has 0 aliphatic carbocycles. The van der Waals surface area contributed by atoms with Gasteiger partial charge in [0.25, 0.3) is 0 Å². The Morgan fingerprint density at radius 3 is 1.91 bits per heavy atom. The van der Waals surface area contributed by atoms with Gasteiger partial charge in [0.2, 0.25) is 0 Å². The van der Waals surface area contributed by atoms with E-state index in [1.165, 1.54) is 0 Å². The minimum absolute atomic E-state index is 0.634. The monoisotopic (exact) mass is 348 g/mol. The molecule has 0 spiro atoms. The molecule has 0 amide bonds. The summed E-state index contributed by atoms with van der Waals surface area (Å²) in [6.45, 7) is 12.2. The molecule has 0 radical (unpaired) electrons. The Hall–Kier alpha value is -0.0531. The average Bonchev–Trinajstić information content (AvgIpc) is 2.48. The van der Waals surface area contributed by atoms with E-state index in [4.69, 9.17) is 25.5 Å². The predicted octanol–water partition coefficient (Wildman–Crippen LogP) is 2.39. The number of likely N-dealkylation sites (N-methyl/N-ethyl adjacent to an activating group) is 1. The van der Waals surface area contributed by atoms with E-state index >= 15 is 0 Å². The molecule has 1 aliphatic rings. The smallest absolute Gasteiger partial charge is 0.374 e. The molecule has 1 heterocycles. The van der Waals surface area contributed by atoms with Crippen molar-refractivity contribution in [2.45, 2.75) is 39.7 Å². The highest BCUT2D eigenvalue weighted by Gasteiger charge is 2.39. The first-order valence-electron chi connectivity index (χ1n) is 8.45. The van der Waals surface area contributed by atoms with Crippen molar-refractivity contribution in [1.82, 2.24) is 9.80 Å². The van der Waals surface area contributed by atoms with Gasteiger partial charge in [-0.2, -0.15) is 0 Å². The van der Waals surface area contributed by atoms with Gasteiger partial charge in [-0.05, 0) is 40.7 Å². The normalized spacial score (nSPS) is 17.0. The molecule has 1 fully saturated rings. The third-order valence-corrected chi connectivity index (χ3v) is 7.44. The topological polar surface area (TPSA) is 34.2 Å². The third-order valence-electron chi connectivity index (χ3n) is 3.82. The van der Waals surface area contributed by atoms with Crippen molar-refractivity contribution in [2.75, 3.05) is 53.0 Å². The number of nitrogens with zero attached hydrogens (tertiary/aromatic N) is 2. The summed E-state index contributed by atoms with van der Waals surface area (Å²) in [7, 11) is -0.350. The Labute approximate surface area is 142 Å². The van der Waals surface area contributed by atoms with Gasteiger partial charge in [-0.3, -0.25) is 0 Å². The molecule has 0 bridgehead atoms. The number of hydrogen-bond acceptors (Lipinski definition) is 5. The second-order valence-corrected chi connectivity index (χ2v) is 8.72. The van der Waals surface area contributed by atoms with Crippen LogP contribution in [0, 0.1) is 0 Å². The van der Waals surface area contributed by atoms with Crippen LogP contribution in [0.1, 0.15) is 33.6 Å². The quantitative estimate of drug-likeness (QED) is 0.445. The molecule has 0 aromatic rings. The van der Waals surface area contributed by atoms with Crippen LogP contribution in [-0.4, -0.2) is 76.6 Å². The first kappa shape index (κ1) is 20.0. The van der Waals surface area contributed by atoms with Gasteiger partial charge >= 0.3 is 8.80 Å². The van der Waals surface area contributed by atoms with Gasteiger partial charge in [-0.1, -0.05) is 12.2 Å². The van der Waals surface area contributed by atoms with Crippen LogP contribution in [0.3, 0.4) is 0 Å². The van der Waals surface area contributed by atoms with Crippen molar-refractivity contribution in [3.05, 3.63) is 0 Å². The lowest BCUT2D eigenvalue weighted by Crippen LogP contribution is -2.47. The van der Waals surface area contributed by atoms with E-state index in [-0.39, 0.29) is 0 Å². The zero-order chi connectivity index (χ0) is 16.4. The molecule has 1 aliphatic heterocycles. The molecule has 7 heteroatoms. The van der Waals surface area contributed by atoms with Gasteiger partial charge in [0.15, 0.2) is 0 Å². The molecule has 22 heavy (non-hydrogen) atoms. The fourth-order valence-electron chi connectivity index (χ4n) is 2.67. The fraction of sp³-hybridized carbons (Fsp3) is 0.933. The predicted molar refractivity (Wildman–Crippen MR) is 96.3 cm³/mol. The maximum Gasteiger partial charge on any atom is 0.500 e. The Kier molecular flexibility index (Phi) is 9.70. The maximum absolute atomic E-state index is 5.88. The molecule has 0 unspecified atom stereocenters. The Balaban J connectivity index is 2.42. The van der Waals surface area contributed by atoms with Crippen molar-refractivity contribution >= 4 is 26.0 Å². The number of thiocarbonyl (C=S) groups is 1. The highest BCUT2D eigenvalue weighted by molar-refractivity contribution is 7.80. The molecule has 0 aromatic carbocycles. The molecule has 130 valence electrons. The molecule has 0 saturated carbocycles. The number of piperazine rings is 1. The number of rotatable bonds is 10. The van der Waals surface area contributed by atoms with Crippen molar-refractivity contribution in [1.29, 1.82) is 0 Å². The van der Waals surface area contributed by atoms with Crippen LogP contribution in [-0.2, 0) is 13.3 Å². The number of hydrogen-bond donors (Lipinski definition) is 0. The van der Waals surface area contributed by atoms with Crippen LogP contribution in [0.4, 0.5) is 0 Å². The summed E-state index contributed by atoms with van der Waals surface area (Å²) in [6, 6.07) is 0.844. The van der Waals surface area contributed by atoms with E-state index in [0.29, 0.717) is 19.8 Å². The lowest BCUT2D eigenvalue weighted by molar-refractivity contribution is 0.0709.